The van der Waals surface area contributed by atoms with E-state index in [0.717, 1.165) is 11.7 Å². The van der Waals surface area contributed by atoms with E-state index in [-0.39, 0.29) is 5.97 Å². The van der Waals surface area contributed by atoms with Gasteiger partial charge in [-0.1, -0.05) is 33.1 Å². The normalized spacial score (nSPS) is 18.4. The Hall–Kier alpha value is -0.180. The molecule has 1 atom stereocenters. The van der Waals surface area contributed by atoms with Crippen LogP contribution >= 0.6 is 11.8 Å². The number of rotatable bonds is 10. The summed E-state index contributed by atoms with van der Waals surface area (Å²) in [5.41, 5.74) is 0.292. The number of carbonyl (C=O) groups excluding carboxylic acids is 1. The van der Waals surface area contributed by atoms with Gasteiger partial charge in [0.2, 0.25) is 0 Å². The third-order valence-electron chi connectivity index (χ3n) is 4.01. The van der Waals surface area contributed by atoms with E-state index in [0.29, 0.717) is 11.8 Å². The molecule has 1 rings (SSSR count). The van der Waals surface area contributed by atoms with Crippen LogP contribution in [0.1, 0.15) is 58.8 Å². The second-order valence-corrected chi connectivity index (χ2v) is 6.71. The molecule has 0 bridgehead atoms. The number of carbonyl (C=O) groups is 1. The first-order valence-electron chi connectivity index (χ1n) is 7.30. The average Bonchev–Trinajstić information content (AvgIpc) is 3.13. The van der Waals surface area contributed by atoms with Gasteiger partial charge in [0, 0.05) is 0 Å². The molecule has 1 aliphatic rings. The van der Waals surface area contributed by atoms with Crippen LogP contribution in [0.15, 0.2) is 0 Å². The third kappa shape index (κ3) is 5.64. The SMILES string of the molecule is CCCCC(CC)CSCC1(CC(=O)OC)CC1. The van der Waals surface area contributed by atoms with Crippen molar-refractivity contribution in [1.82, 2.24) is 0 Å². The van der Waals surface area contributed by atoms with Crippen LogP contribution < -0.4 is 0 Å². The summed E-state index contributed by atoms with van der Waals surface area (Å²) in [6.45, 7) is 4.55. The van der Waals surface area contributed by atoms with Crippen LogP contribution in [0.4, 0.5) is 0 Å². The highest BCUT2D eigenvalue weighted by atomic mass is 32.2. The fraction of sp³-hybridized carbons (Fsp3) is 0.933. The molecule has 0 aromatic carbocycles. The molecular formula is C15H28O2S. The van der Waals surface area contributed by atoms with Gasteiger partial charge in [0.15, 0.2) is 0 Å². The summed E-state index contributed by atoms with van der Waals surface area (Å²) in [7, 11) is 1.49. The first kappa shape index (κ1) is 15.9. The van der Waals surface area contributed by atoms with E-state index in [1.165, 1.54) is 51.4 Å². The molecule has 0 heterocycles. The second-order valence-electron chi connectivity index (χ2n) is 5.68. The lowest BCUT2D eigenvalue weighted by atomic mass is 10.0. The molecular weight excluding hydrogens is 244 g/mol. The van der Waals surface area contributed by atoms with Gasteiger partial charge in [-0.2, -0.15) is 11.8 Å². The van der Waals surface area contributed by atoms with Crippen molar-refractivity contribution < 1.29 is 9.53 Å². The highest BCUT2D eigenvalue weighted by molar-refractivity contribution is 7.99. The molecule has 0 aliphatic heterocycles. The zero-order valence-electron chi connectivity index (χ0n) is 12.2. The summed E-state index contributed by atoms with van der Waals surface area (Å²) in [6.07, 6.45) is 8.35. The molecule has 1 saturated carbocycles. The summed E-state index contributed by atoms with van der Waals surface area (Å²) >= 11 is 2.05. The quantitative estimate of drug-likeness (QED) is 0.555. The van der Waals surface area contributed by atoms with Gasteiger partial charge in [0.25, 0.3) is 0 Å². The maximum Gasteiger partial charge on any atom is 0.306 e. The van der Waals surface area contributed by atoms with Crippen molar-refractivity contribution in [3.8, 4) is 0 Å². The van der Waals surface area contributed by atoms with Gasteiger partial charge in [0.1, 0.15) is 0 Å². The number of ether oxygens (including phenoxy) is 1. The molecule has 3 heteroatoms. The lowest BCUT2D eigenvalue weighted by Gasteiger charge is -2.17. The number of methoxy groups -OCH3 is 1. The van der Waals surface area contributed by atoms with Crippen molar-refractivity contribution in [2.24, 2.45) is 11.3 Å². The van der Waals surface area contributed by atoms with Gasteiger partial charge in [-0.05, 0) is 42.1 Å². The lowest BCUT2D eigenvalue weighted by molar-refractivity contribution is -0.141. The maximum absolute atomic E-state index is 11.3. The summed E-state index contributed by atoms with van der Waals surface area (Å²) in [5.74, 6) is 3.24. The van der Waals surface area contributed by atoms with Gasteiger partial charge in [-0.3, -0.25) is 4.79 Å². The minimum atomic E-state index is -0.0360. The third-order valence-corrected chi connectivity index (χ3v) is 5.53. The van der Waals surface area contributed by atoms with E-state index in [9.17, 15) is 4.79 Å². The van der Waals surface area contributed by atoms with E-state index >= 15 is 0 Å². The van der Waals surface area contributed by atoms with E-state index in [4.69, 9.17) is 4.74 Å². The Kier molecular flexibility index (Phi) is 7.13. The van der Waals surface area contributed by atoms with Crippen molar-refractivity contribution >= 4 is 17.7 Å². The molecule has 0 saturated heterocycles. The van der Waals surface area contributed by atoms with Crippen molar-refractivity contribution in [2.45, 2.75) is 58.8 Å². The molecule has 106 valence electrons. The maximum atomic E-state index is 11.3. The molecule has 0 spiro atoms. The topological polar surface area (TPSA) is 26.3 Å². The van der Waals surface area contributed by atoms with Gasteiger partial charge in [0.05, 0.1) is 13.5 Å². The van der Waals surface area contributed by atoms with E-state index in [2.05, 4.69) is 25.6 Å². The number of thioether (sulfide) groups is 1. The van der Waals surface area contributed by atoms with Crippen molar-refractivity contribution in [1.29, 1.82) is 0 Å². The lowest BCUT2D eigenvalue weighted by Crippen LogP contribution is -2.14. The Balaban J connectivity index is 2.18. The van der Waals surface area contributed by atoms with Crippen molar-refractivity contribution in [3.63, 3.8) is 0 Å². The molecule has 1 aliphatic carbocycles. The summed E-state index contributed by atoms with van der Waals surface area (Å²) in [4.78, 5) is 11.3. The van der Waals surface area contributed by atoms with E-state index in [1.54, 1.807) is 0 Å². The Morgan fingerprint density at radius 3 is 2.61 bits per heavy atom. The Bertz CT molecular complexity index is 249. The minimum Gasteiger partial charge on any atom is -0.469 e. The smallest absolute Gasteiger partial charge is 0.306 e. The molecule has 1 fully saturated rings. The van der Waals surface area contributed by atoms with Gasteiger partial charge < -0.3 is 4.74 Å². The van der Waals surface area contributed by atoms with Crippen LogP contribution in [0, 0.1) is 11.3 Å². The minimum absolute atomic E-state index is 0.0360. The number of esters is 1. The van der Waals surface area contributed by atoms with Crippen LogP contribution in [0.2, 0.25) is 0 Å². The second kappa shape index (κ2) is 8.08. The van der Waals surface area contributed by atoms with Crippen LogP contribution in [0.25, 0.3) is 0 Å². The molecule has 18 heavy (non-hydrogen) atoms. The molecule has 1 unspecified atom stereocenters. The zero-order chi connectivity index (χ0) is 13.4. The molecule has 2 nitrogen and oxygen atoms in total. The van der Waals surface area contributed by atoms with E-state index in [1.807, 2.05) is 0 Å². The Morgan fingerprint density at radius 1 is 1.39 bits per heavy atom. The highest BCUT2D eigenvalue weighted by Crippen LogP contribution is 2.51. The van der Waals surface area contributed by atoms with Crippen molar-refractivity contribution in [2.75, 3.05) is 18.6 Å². The van der Waals surface area contributed by atoms with Crippen molar-refractivity contribution in [3.05, 3.63) is 0 Å². The first-order chi connectivity index (χ1) is 8.65. The number of hydrogen-bond acceptors (Lipinski definition) is 3. The standard InChI is InChI=1S/C15H28O2S/c1-4-6-7-13(5-2)11-18-12-15(8-9-15)10-14(16)17-3/h13H,4-12H2,1-3H3. The molecule has 0 amide bonds. The predicted molar refractivity (Wildman–Crippen MR) is 78.9 cm³/mol. The van der Waals surface area contributed by atoms with Crippen LogP contribution in [-0.4, -0.2) is 24.6 Å². The van der Waals surface area contributed by atoms with Crippen LogP contribution in [-0.2, 0) is 9.53 Å². The molecule has 0 aromatic rings. The predicted octanol–water partition coefficient (Wildman–Crippen LogP) is 4.28. The monoisotopic (exact) mass is 272 g/mol. The molecule has 0 N–H and O–H groups in total. The first-order valence-corrected chi connectivity index (χ1v) is 8.46. The van der Waals surface area contributed by atoms with Crippen LogP contribution in [0.5, 0.6) is 0 Å². The van der Waals surface area contributed by atoms with E-state index < -0.39 is 0 Å². The van der Waals surface area contributed by atoms with Gasteiger partial charge in [-0.25, -0.2) is 0 Å². The summed E-state index contributed by atoms with van der Waals surface area (Å²) < 4.78 is 4.78. The zero-order valence-corrected chi connectivity index (χ0v) is 13.0. The fourth-order valence-electron chi connectivity index (χ4n) is 2.27. The fourth-order valence-corrected chi connectivity index (χ4v) is 3.94. The molecule has 0 aromatic heterocycles. The average molecular weight is 272 g/mol. The summed E-state index contributed by atoms with van der Waals surface area (Å²) in [5, 5.41) is 0. The number of hydrogen-bond donors (Lipinski definition) is 0. The number of unbranched alkanes of at least 4 members (excludes halogenated alkanes) is 1. The van der Waals surface area contributed by atoms with Gasteiger partial charge >= 0.3 is 5.97 Å². The summed E-state index contributed by atoms with van der Waals surface area (Å²) in [6, 6.07) is 0. The van der Waals surface area contributed by atoms with Crippen LogP contribution in [0.3, 0.4) is 0 Å². The Labute approximate surface area is 116 Å². The molecule has 0 radical (unpaired) electrons. The Morgan fingerprint density at radius 2 is 2.11 bits per heavy atom. The van der Waals surface area contributed by atoms with Gasteiger partial charge in [-0.15, -0.1) is 0 Å². The highest BCUT2D eigenvalue weighted by Gasteiger charge is 2.44. The largest absolute Gasteiger partial charge is 0.469 e.